The molecule has 6 rings (SSSR count). The molecule has 5 aliphatic carbocycles. The second kappa shape index (κ2) is 6.65. The van der Waals surface area contributed by atoms with Gasteiger partial charge < -0.3 is 26.2 Å². The van der Waals surface area contributed by atoms with E-state index in [0.717, 1.165) is 44.9 Å². The van der Waals surface area contributed by atoms with E-state index in [2.05, 4.69) is 6.07 Å². The zero-order valence-corrected chi connectivity index (χ0v) is 17.5. The van der Waals surface area contributed by atoms with Crippen LogP contribution in [0.15, 0.2) is 0 Å². The average molecular weight is 417 g/mol. The third-order valence-corrected chi connectivity index (χ3v) is 8.60. The molecule has 1 heterocycles. The van der Waals surface area contributed by atoms with Gasteiger partial charge in [-0.05, 0) is 81.5 Å². The third-order valence-electron chi connectivity index (χ3n) is 8.60. The fraction of sp³-hybridized carbons (Fsp3) is 0.864. The lowest BCUT2D eigenvalue weighted by atomic mass is 9.46. The summed E-state index contributed by atoms with van der Waals surface area (Å²) in [6.45, 7) is 1.48. The highest BCUT2D eigenvalue weighted by atomic mass is 16.6. The van der Waals surface area contributed by atoms with Crippen LogP contribution in [0.4, 0.5) is 0 Å². The first-order chi connectivity index (χ1) is 14.2. The minimum Gasteiger partial charge on any atom is -0.458 e. The maximum Gasteiger partial charge on any atom is 0.326 e. The zero-order valence-electron chi connectivity index (χ0n) is 17.5. The number of aliphatic hydroxyl groups excluding tert-OH is 1. The van der Waals surface area contributed by atoms with Crippen molar-refractivity contribution < 1.29 is 19.4 Å². The standard InChI is InChI=1S/C22H32N4O4/c1-11(27)17(24)20(29)30-22-7-12-2-13(8-22)6-21(5-12,10-22)18(25)19(28)26-15(9-23)3-14-4-16(14)26/h11-18,27H,2-8,10,24-25H2,1H3/t11-,12?,13?,14+,15-,16-,17-,18+,21?,22?/m0/s1. The summed E-state index contributed by atoms with van der Waals surface area (Å²) < 4.78 is 5.97. The Hall–Kier alpha value is -1.69. The number of hydrogen-bond donors (Lipinski definition) is 3. The Bertz CT molecular complexity index is 793. The summed E-state index contributed by atoms with van der Waals surface area (Å²) in [5.74, 6) is 0.526. The van der Waals surface area contributed by atoms with E-state index in [9.17, 15) is 20.0 Å². The fourth-order valence-corrected chi connectivity index (χ4v) is 7.52. The molecule has 1 aliphatic heterocycles. The smallest absolute Gasteiger partial charge is 0.326 e. The molecule has 30 heavy (non-hydrogen) atoms. The SMILES string of the molecule is C[C@H](O)[C@H](N)C(=O)OC12CC3CC(C1)CC([C@H](N)C(=O)N1[C@H](C#N)C[C@@H]4C[C@@H]41)(C3)C2. The van der Waals surface area contributed by atoms with Crippen LogP contribution in [0.3, 0.4) is 0 Å². The predicted octanol–water partition coefficient (Wildman–Crippen LogP) is 0.417. The van der Waals surface area contributed by atoms with Crippen molar-refractivity contribution in [3.05, 3.63) is 0 Å². The van der Waals surface area contributed by atoms with E-state index in [1.165, 1.54) is 6.92 Å². The molecule has 0 spiro atoms. The van der Waals surface area contributed by atoms with Crippen LogP contribution in [0.25, 0.3) is 0 Å². The number of carbonyl (C=O) groups excluding carboxylic acids is 2. The van der Waals surface area contributed by atoms with Gasteiger partial charge in [0.15, 0.2) is 0 Å². The Kier molecular flexibility index (Phi) is 4.48. The molecule has 2 unspecified atom stereocenters. The van der Waals surface area contributed by atoms with Gasteiger partial charge in [0.1, 0.15) is 17.7 Å². The maximum atomic E-state index is 13.5. The second-order valence-corrected chi connectivity index (χ2v) is 10.9. The summed E-state index contributed by atoms with van der Waals surface area (Å²) in [7, 11) is 0. The van der Waals surface area contributed by atoms with E-state index < -0.39 is 35.2 Å². The molecular formula is C22H32N4O4. The van der Waals surface area contributed by atoms with Crippen molar-refractivity contribution in [2.24, 2.45) is 34.6 Å². The van der Waals surface area contributed by atoms with Crippen LogP contribution in [0, 0.1) is 34.5 Å². The number of likely N-dealkylation sites (tertiary alicyclic amines) is 1. The van der Waals surface area contributed by atoms with Crippen LogP contribution >= 0.6 is 0 Å². The second-order valence-electron chi connectivity index (χ2n) is 10.9. The van der Waals surface area contributed by atoms with Crippen LogP contribution in [-0.2, 0) is 14.3 Å². The number of rotatable bonds is 5. The normalized spacial score (nSPS) is 46.0. The highest BCUT2D eigenvalue weighted by molar-refractivity contribution is 5.84. The van der Waals surface area contributed by atoms with Crippen LogP contribution < -0.4 is 11.5 Å². The topological polar surface area (TPSA) is 143 Å². The molecule has 6 fully saturated rings. The number of amides is 1. The molecule has 0 aromatic carbocycles. The summed E-state index contributed by atoms with van der Waals surface area (Å²) in [6, 6.07) is 0.348. The van der Waals surface area contributed by atoms with Crippen molar-refractivity contribution >= 4 is 11.9 Å². The molecular weight excluding hydrogens is 384 g/mol. The lowest BCUT2D eigenvalue weighted by Gasteiger charge is -2.62. The minimum atomic E-state index is -1.07. The van der Waals surface area contributed by atoms with Gasteiger partial charge in [-0.3, -0.25) is 9.59 Å². The van der Waals surface area contributed by atoms with E-state index in [1.807, 2.05) is 0 Å². The summed E-state index contributed by atoms with van der Waals surface area (Å²) in [5.41, 5.74) is 11.5. The van der Waals surface area contributed by atoms with Crippen molar-refractivity contribution in [2.45, 2.75) is 94.2 Å². The number of ether oxygens (including phenoxy) is 1. The van der Waals surface area contributed by atoms with Gasteiger partial charge in [0.2, 0.25) is 5.91 Å². The van der Waals surface area contributed by atoms with Crippen molar-refractivity contribution in [3.8, 4) is 6.07 Å². The number of esters is 1. The summed E-state index contributed by atoms with van der Waals surface area (Å²) in [4.78, 5) is 27.8. The van der Waals surface area contributed by atoms with Gasteiger partial charge in [0.05, 0.1) is 18.2 Å². The first-order valence-electron chi connectivity index (χ1n) is 11.3. The Morgan fingerprint density at radius 2 is 1.83 bits per heavy atom. The largest absolute Gasteiger partial charge is 0.458 e. The van der Waals surface area contributed by atoms with Gasteiger partial charge in [0.25, 0.3) is 0 Å². The Morgan fingerprint density at radius 3 is 2.43 bits per heavy atom. The van der Waals surface area contributed by atoms with Crippen molar-refractivity contribution in [3.63, 3.8) is 0 Å². The lowest BCUT2D eigenvalue weighted by Crippen LogP contribution is -2.66. The Morgan fingerprint density at radius 1 is 1.17 bits per heavy atom. The number of piperidine rings is 1. The van der Waals surface area contributed by atoms with Crippen molar-refractivity contribution in [1.82, 2.24) is 4.90 Å². The van der Waals surface area contributed by atoms with Crippen LogP contribution in [-0.4, -0.2) is 57.8 Å². The lowest BCUT2D eigenvalue weighted by molar-refractivity contribution is -0.208. The number of carbonyl (C=O) groups is 2. The monoisotopic (exact) mass is 416 g/mol. The van der Waals surface area contributed by atoms with Crippen molar-refractivity contribution in [2.75, 3.05) is 0 Å². The molecule has 5 saturated carbocycles. The van der Waals surface area contributed by atoms with E-state index in [1.54, 1.807) is 4.90 Å². The number of nitrogens with two attached hydrogens (primary N) is 2. The van der Waals surface area contributed by atoms with Gasteiger partial charge in [0, 0.05) is 6.04 Å². The molecule has 0 aromatic heterocycles. The van der Waals surface area contributed by atoms with Crippen LogP contribution in [0.2, 0.25) is 0 Å². The Balaban J connectivity index is 1.38. The first-order valence-corrected chi connectivity index (χ1v) is 11.3. The molecule has 6 aliphatic rings. The highest BCUT2D eigenvalue weighted by Crippen LogP contribution is 2.64. The highest BCUT2D eigenvalue weighted by Gasteiger charge is 2.64. The minimum absolute atomic E-state index is 0.101. The number of nitriles is 1. The molecule has 5 N–H and O–H groups in total. The fourth-order valence-electron chi connectivity index (χ4n) is 7.52. The molecule has 1 saturated heterocycles. The van der Waals surface area contributed by atoms with E-state index in [0.29, 0.717) is 24.2 Å². The molecule has 8 heteroatoms. The maximum absolute atomic E-state index is 13.5. The van der Waals surface area contributed by atoms with E-state index in [-0.39, 0.29) is 18.0 Å². The molecule has 8 nitrogen and oxygen atoms in total. The summed E-state index contributed by atoms with van der Waals surface area (Å²) >= 11 is 0. The first kappa shape index (κ1) is 20.2. The van der Waals surface area contributed by atoms with E-state index >= 15 is 0 Å². The molecule has 0 aromatic rings. The molecule has 4 bridgehead atoms. The molecule has 164 valence electrons. The summed E-state index contributed by atoms with van der Waals surface area (Å²) in [5, 5.41) is 19.2. The number of aliphatic hydroxyl groups is 1. The molecule has 1 amide bonds. The van der Waals surface area contributed by atoms with Gasteiger partial charge in [-0.15, -0.1) is 0 Å². The van der Waals surface area contributed by atoms with Gasteiger partial charge in [-0.1, -0.05) is 0 Å². The average Bonchev–Trinajstić information content (AvgIpc) is 3.34. The predicted molar refractivity (Wildman–Crippen MR) is 106 cm³/mol. The van der Waals surface area contributed by atoms with Crippen LogP contribution in [0.1, 0.15) is 58.3 Å². The van der Waals surface area contributed by atoms with Gasteiger partial charge in [-0.2, -0.15) is 5.26 Å². The summed E-state index contributed by atoms with van der Waals surface area (Å²) in [6.07, 6.45) is 5.71. The van der Waals surface area contributed by atoms with Gasteiger partial charge in [-0.25, -0.2) is 0 Å². The molecule has 8 atom stereocenters. The number of fused-ring (bicyclic) bond motifs is 1. The zero-order chi connectivity index (χ0) is 21.4. The van der Waals surface area contributed by atoms with E-state index in [4.69, 9.17) is 16.2 Å². The van der Waals surface area contributed by atoms with Crippen molar-refractivity contribution in [1.29, 1.82) is 5.26 Å². The Labute approximate surface area is 176 Å². The number of nitrogens with zero attached hydrogens (tertiary/aromatic N) is 2. The molecule has 0 radical (unpaired) electrons. The van der Waals surface area contributed by atoms with Gasteiger partial charge >= 0.3 is 5.97 Å². The quantitative estimate of drug-likeness (QED) is 0.551. The van der Waals surface area contributed by atoms with Crippen LogP contribution in [0.5, 0.6) is 0 Å². The number of hydrogen-bond acceptors (Lipinski definition) is 7. The third kappa shape index (κ3) is 2.97.